The van der Waals surface area contributed by atoms with Gasteiger partial charge >= 0.3 is 10.4 Å². The summed E-state index contributed by atoms with van der Waals surface area (Å²) >= 11 is 0. The highest BCUT2D eigenvalue weighted by atomic mass is 32.3. The van der Waals surface area contributed by atoms with Crippen LogP contribution in [0.5, 0.6) is 11.5 Å². The standard InChI is InChI=1S/C24H32O6SSi/c1-23(2,3)32(5,6)30-21-14-18-17(11-12-24(4)20(18)9-10-22(24)25)16-8-7-15(13-19(16)21)29-31(26,27)28/h7-8,13-14,20H,9-12H2,1-6H3,(H,26,27,28)/t20-,24?/m0/s1. The maximum atomic E-state index is 12.7. The van der Waals surface area contributed by atoms with E-state index in [2.05, 4.69) is 46.9 Å². The Bertz CT molecular complexity index is 1210. The number of fused-ring (bicyclic) bond motifs is 5. The minimum Gasteiger partial charge on any atom is -0.543 e. The molecule has 1 unspecified atom stereocenters. The lowest BCUT2D eigenvalue weighted by Gasteiger charge is -2.40. The van der Waals surface area contributed by atoms with Crippen molar-refractivity contribution in [3.63, 3.8) is 0 Å². The molecule has 1 fully saturated rings. The molecule has 1 N–H and O–H groups in total. The number of rotatable bonds is 4. The summed E-state index contributed by atoms with van der Waals surface area (Å²) in [7, 11) is -6.84. The number of ketones is 1. The molecular weight excluding hydrogens is 444 g/mol. The van der Waals surface area contributed by atoms with Crippen molar-refractivity contribution in [1.29, 1.82) is 0 Å². The fourth-order valence-corrected chi connectivity index (χ4v) is 6.37. The fraction of sp³-hybridized carbons (Fsp3) is 0.542. The Balaban J connectivity index is 1.94. The van der Waals surface area contributed by atoms with E-state index in [0.29, 0.717) is 18.0 Å². The number of hydrogen-bond acceptors (Lipinski definition) is 5. The Hall–Kier alpha value is -1.90. The second-order valence-electron chi connectivity index (χ2n) is 11.0. The number of Topliss-reactive ketones (excluding diaryl/α,β-unsaturated/α-hetero) is 1. The average Bonchev–Trinajstić information content (AvgIpc) is 2.94. The van der Waals surface area contributed by atoms with Crippen LogP contribution in [0, 0.1) is 5.41 Å². The van der Waals surface area contributed by atoms with Crippen molar-refractivity contribution in [3.8, 4) is 11.5 Å². The third-order valence-corrected chi connectivity index (χ3v) is 12.7. The van der Waals surface area contributed by atoms with Crippen molar-refractivity contribution in [3.05, 3.63) is 35.4 Å². The lowest BCUT2D eigenvalue weighted by molar-refractivity contribution is -0.126. The molecule has 6 nitrogen and oxygen atoms in total. The van der Waals surface area contributed by atoms with Crippen LogP contribution in [0.2, 0.25) is 18.1 Å². The van der Waals surface area contributed by atoms with Crippen LogP contribution >= 0.6 is 0 Å². The molecule has 0 saturated heterocycles. The van der Waals surface area contributed by atoms with Crippen LogP contribution in [0.15, 0.2) is 24.3 Å². The van der Waals surface area contributed by atoms with Crippen LogP contribution in [0.4, 0.5) is 0 Å². The van der Waals surface area contributed by atoms with Gasteiger partial charge in [0.2, 0.25) is 0 Å². The quantitative estimate of drug-likeness (QED) is 0.443. The molecule has 0 heterocycles. The molecule has 2 aromatic carbocycles. The van der Waals surface area contributed by atoms with E-state index in [9.17, 15) is 13.2 Å². The van der Waals surface area contributed by atoms with Gasteiger partial charge < -0.3 is 8.61 Å². The molecular formula is C24H32O6SSi. The molecule has 0 amide bonds. The van der Waals surface area contributed by atoms with Gasteiger partial charge in [-0.3, -0.25) is 9.35 Å². The van der Waals surface area contributed by atoms with Crippen LogP contribution in [-0.2, 0) is 21.6 Å². The van der Waals surface area contributed by atoms with Gasteiger partial charge in [0.05, 0.1) is 0 Å². The molecule has 32 heavy (non-hydrogen) atoms. The van der Waals surface area contributed by atoms with Crippen LogP contribution in [0.3, 0.4) is 0 Å². The highest BCUT2D eigenvalue weighted by Crippen LogP contribution is 2.56. The molecule has 2 aromatic rings. The molecule has 0 bridgehead atoms. The average molecular weight is 477 g/mol. The second-order valence-corrected chi connectivity index (χ2v) is 16.7. The Morgan fingerprint density at radius 3 is 2.44 bits per heavy atom. The maximum absolute atomic E-state index is 12.7. The second kappa shape index (κ2) is 7.30. The predicted octanol–water partition coefficient (Wildman–Crippen LogP) is 5.80. The molecule has 2 aliphatic carbocycles. The summed E-state index contributed by atoms with van der Waals surface area (Å²) in [6.45, 7) is 12.9. The highest BCUT2D eigenvalue weighted by molar-refractivity contribution is 7.81. The van der Waals surface area contributed by atoms with Crippen molar-refractivity contribution in [2.24, 2.45) is 5.41 Å². The topological polar surface area (TPSA) is 89.9 Å². The van der Waals surface area contributed by atoms with Crippen LogP contribution in [0.1, 0.15) is 64.0 Å². The summed E-state index contributed by atoms with van der Waals surface area (Å²) in [5, 5.41) is 1.72. The molecule has 0 aromatic heterocycles. The van der Waals surface area contributed by atoms with Crippen molar-refractivity contribution in [2.75, 3.05) is 0 Å². The Morgan fingerprint density at radius 1 is 1.12 bits per heavy atom. The molecule has 2 atom stereocenters. The van der Waals surface area contributed by atoms with Gasteiger partial charge in [-0.25, -0.2) is 0 Å². The third-order valence-electron chi connectivity index (χ3n) is 7.93. The highest BCUT2D eigenvalue weighted by Gasteiger charge is 2.49. The van der Waals surface area contributed by atoms with Gasteiger partial charge in [-0.05, 0) is 78.0 Å². The lowest BCUT2D eigenvalue weighted by Crippen LogP contribution is -2.44. The van der Waals surface area contributed by atoms with Crippen LogP contribution in [0.25, 0.3) is 10.8 Å². The molecule has 2 aliphatic rings. The number of carbonyl (C=O) groups is 1. The first-order valence-electron chi connectivity index (χ1n) is 11.1. The smallest absolute Gasteiger partial charge is 0.446 e. The summed E-state index contributed by atoms with van der Waals surface area (Å²) in [4.78, 5) is 12.7. The number of hydrogen-bond donors (Lipinski definition) is 1. The van der Waals surface area contributed by atoms with Gasteiger partial charge in [-0.15, -0.1) is 0 Å². The largest absolute Gasteiger partial charge is 0.543 e. The molecule has 0 radical (unpaired) electrons. The first-order chi connectivity index (χ1) is 14.6. The van der Waals surface area contributed by atoms with Gasteiger partial charge in [0.25, 0.3) is 8.32 Å². The van der Waals surface area contributed by atoms with Gasteiger partial charge in [-0.1, -0.05) is 33.8 Å². The van der Waals surface area contributed by atoms with Gasteiger partial charge in [-0.2, -0.15) is 8.42 Å². The van der Waals surface area contributed by atoms with E-state index in [1.165, 1.54) is 11.1 Å². The zero-order chi connectivity index (χ0) is 23.7. The van der Waals surface area contributed by atoms with Crippen molar-refractivity contribution >= 4 is 35.3 Å². The predicted molar refractivity (Wildman–Crippen MR) is 127 cm³/mol. The Morgan fingerprint density at radius 2 is 1.81 bits per heavy atom. The molecule has 1 saturated carbocycles. The number of benzene rings is 2. The Labute approximate surface area is 191 Å². The maximum Gasteiger partial charge on any atom is 0.446 e. The van der Waals surface area contributed by atoms with E-state index in [0.717, 1.165) is 30.0 Å². The van der Waals surface area contributed by atoms with Gasteiger partial charge in [0.15, 0.2) is 0 Å². The van der Waals surface area contributed by atoms with E-state index >= 15 is 0 Å². The summed E-state index contributed by atoms with van der Waals surface area (Å²) in [5.41, 5.74) is 2.04. The van der Waals surface area contributed by atoms with E-state index in [1.54, 1.807) is 12.1 Å². The van der Waals surface area contributed by atoms with Gasteiger partial charge in [0, 0.05) is 17.2 Å². The summed E-state index contributed by atoms with van der Waals surface area (Å²) in [6.07, 6.45) is 3.04. The van der Waals surface area contributed by atoms with Crippen molar-refractivity contribution in [1.82, 2.24) is 0 Å². The summed E-state index contributed by atoms with van der Waals surface area (Å²) in [6, 6.07) is 7.10. The summed E-state index contributed by atoms with van der Waals surface area (Å²) < 4.78 is 43.2. The molecule has 8 heteroatoms. The zero-order valence-electron chi connectivity index (χ0n) is 19.6. The van der Waals surface area contributed by atoms with Crippen LogP contribution < -0.4 is 8.61 Å². The van der Waals surface area contributed by atoms with Crippen molar-refractivity contribution in [2.45, 2.75) is 77.4 Å². The summed E-state index contributed by atoms with van der Waals surface area (Å²) in [5.74, 6) is 1.24. The molecule has 0 spiro atoms. The lowest BCUT2D eigenvalue weighted by atomic mass is 9.66. The fourth-order valence-electron chi connectivity index (χ4n) is 5.00. The monoisotopic (exact) mass is 476 g/mol. The van der Waals surface area contributed by atoms with Crippen molar-refractivity contribution < 1.29 is 26.4 Å². The van der Waals surface area contributed by atoms with Crippen LogP contribution in [-0.4, -0.2) is 27.1 Å². The first kappa shape index (κ1) is 23.3. The third kappa shape index (κ3) is 3.86. The molecule has 174 valence electrons. The zero-order valence-corrected chi connectivity index (χ0v) is 21.4. The van der Waals surface area contributed by atoms with E-state index in [-0.39, 0.29) is 22.1 Å². The minimum atomic E-state index is -4.63. The molecule has 0 aliphatic heterocycles. The van der Waals surface area contributed by atoms with E-state index < -0.39 is 18.7 Å². The van der Waals surface area contributed by atoms with Gasteiger partial charge in [0.1, 0.15) is 17.3 Å². The SMILES string of the molecule is CC12CCc3c(cc(O[Si](C)(C)C(C)(C)C)c4cc(OS(=O)(=O)O)ccc34)[C@@H]1CCC2=O. The normalized spacial score (nSPS) is 23.7. The van der Waals surface area contributed by atoms with E-state index in [1.807, 2.05) is 6.07 Å². The first-order valence-corrected chi connectivity index (χ1v) is 15.4. The molecule has 4 rings (SSSR count). The number of carbonyl (C=O) groups excluding carboxylic acids is 1. The number of aryl methyl sites for hydroxylation is 1. The minimum absolute atomic E-state index is 0.0321. The Kier molecular flexibility index (Phi) is 5.31. The van der Waals surface area contributed by atoms with E-state index in [4.69, 9.17) is 13.2 Å².